The smallest absolute Gasteiger partial charge is 0.408 e. The molecule has 342 valence electrons. The lowest BCUT2D eigenvalue weighted by Gasteiger charge is -2.39. The molecule has 2 fully saturated rings. The third-order valence-electron chi connectivity index (χ3n) is 9.29. The molecule has 2 rings (SSSR count). The summed E-state index contributed by atoms with van der Waals surface area (Å²) >= 11 is 0. The number of ether oxygens (including phenoxy) is 7. The molecule has 0 spiro atoms. The molecule has 0 aliphatic carbocycles. The quantitative estimate of drug-likeness (QED) is 0.0472. The largest absolute Gasteiger partial charge is 0.467 e. The second-order valence-corrected chi connectivity index (χ2v) is 22.6. The van der Waals surface area contributed by atoms with Gasteiger partial charge in [-0.3, -0.25) is 19.2 Å². The van der Waals surface area contributed by atoms with Crippen LogP contribution >= 0.6 is 0 Å². The molecule has 0 unspecified atom stereocenters. The summed E-state index contributed by atoms with van der Waals surface area (Å²) in [5.74, 6) is -4.99. The molecular formula is C38H65N5O16Si. The van der Waals surface area contributed by atoms with Crippen molar-refractivity contribution in [1.29, 1.82) is 0 Å². The van der Waals surface area contributed by atoms with Gasteiger partial charge in [-0.15, -0.1) is 0 Å². The van der Waals surface area contributed by atoms with Crippen molar-refractivity contribution in [1.82, 2.24) is 26.6 Å². The maximum absolute atomic E-state index is 13.2. The number of nitrogens with one attached hydrogen (secondary N) is 5. The molecule has 2 heterocycles. The highest BCUT2D eigenvalue weighted by molar-refractivity contribution is 6.76. The molecule has 0 aromatic heterocycles. The zero-order valence-electron chi connectivity index (χ0n) is 36.5. The second kappa shape index (κ2) is 23.6. The Morgan fingerprint density at radius 1 is 0.817 bits per heavy atom. The predicted octanol–water partition coefficient (Wildman–Crippen LogP) is -0.0737. The number of hydrogen-bond acceptors (Lipinski definition) is 16. The summed E-state index contributed by atoms with van der Waals surface area (Å²) in [6.45, 7) is 15.5. The number of carbonyl (C=O) groups is 8. The van der Waals surface area contributed by atoms with Crippen LogP contribution in [-0.4, -0.2) is 155 Å². The Hall–Kier alpha value is -4.38. The number of alkyl carbamates (subject to hydrolysis) is 1. The normalized spacial score (nSPS) is 22.4. The van der Waals surface area contributed by atoms with Crippen molar-refractivity contribution in [3.63, 3.8) is 0 Å². The summed E-state index contributed by atoms with van der Waals surface area (Å²) in [7, 11) is 0.667. The number of hydrogen-bond donors (Lipinski definition) is 6. The lowest BCUT2D eigenvalue weighted by atomic mass is 9.98. The van der Waals surface area contributed by atoms with Crippen molar-refractivity contribution in [2.24, 2.45) is 0 Å². The Kier molecular flexibility index (Phi) is 20.3. The lowest BCUT2D eigenvalue weighted by Crippen LogP contribution is -2.62. The number of aliphatic hydroxyl groups is 1. The molecule has 2 saturated heterocycles. The van der Waals surface area contributed by atoms with Crippen molar-refractivity contribution in [2.75, 3.05) is 27.4 Å². The zero-order chi connectivity index (χ0) is 45.5. The van der Waals surface area contributed by atoms with Gasteiger partial charge < -0.3 is 64.8 Å². The third kappa shape index (κ3) is 17.7. The van der Waals surface area contributed by atoms with Gasteiger partial charge in [0.25, 0.3) is 0 Å². The van der Waals surface area contributed by atoms with Crippen molar-refractivity contribution in [3.8, 4) is 0 Å². The fraction of sp³-hybridized carbons (Fsp3) is 0.789. The number of rotatable bonds is 22. The standard InChI is InChI=1S/C38H65N5O16Si/c1-20(39-32(48)21(2)57-30-28(40-22(3)44)36-56-19-26(58-36)29(30)46)31(47)42-25(34(50)54-8)15-16-27(45)41-24(35(51)55-17-18-60(9,10)11)14-12-13-23(33(49)53-7)43-37(52)59-38(4,5)6/h20-21,23-26,28-30,36,46H,12-19H2,1-11H3,(H,39,48)(H,40,44)(H,41,45)(H,42,47)(H,43,52)/t20-,21+,23-,24-,25+,26+,28+,29+,30+,36+/m0/s1. The van der Waals surface area contributed by atoms with Crippen LogP contribution < -0.4 is 26.6 Å². The van der Waals surface area contributed by atoms with Gasteiger partial charge in [0.2, 0.25) is 23.6 Å². The second-order valence-electron chi connectivity index (χ2n) is 16.9. The highest BCUT2D eigenvalue weighted by Gasteiger charge is 2.52. The van der Waals surface area contributed by atoms with E-state index in [0.29, 0.717) is 6.04 Å². The predicted molar refractivity (Wildman–Crippen MR) is 213 cm³/mol. The molecule has 0 saturated carbocycles. The van der Waals surface area contributed by atoms with Gasteiger partial charge in [-0.05, 0) is 66.3 Å². The van der Waals surface area contributed by atoms with Gasteiger partial charge in [-0.2, -0.15) is 0 Å². The van der Waals surface area contributed by atoms with E-state index in [9.17, 15) is 43.5 Å². The van der Waals surface area contributed by atoms with Crippen LogP contribution in [0.2, 0.25) is 25.7 Å². The minimum absolute atomic E-state index is 0.00779. The monoisotopic (exact) mass is 875 g/mol. The molecule has 6 N–H and O–H groups in total. The highest BCUT2D eigenvalue weighted by atomic mass is 28.3. The van der Waals surface area contributed by atoms with Crippen LogP contribution in [0.4, 0.5) is 4.79 Å². The van der Waals surface area contributed by atoms with Crippen LogP contribution in [0.25, 0.3) is 0 Å². The summed E-state index contributed by atoms with van der Waals surface area (Å²) < 4.78 is 37.3. The number of fused-ring (bicyclic) bond motifs is 2. The van der Waals surface area contributed by atoms with Crippen LogP contribution in [0.1, 0.15) is 73.6 Å². The number of methoxy groups -OCH3 is 2. The van der Waals surface area contributed by atoms with Gasteiger partial charge in [0.05, 0.1) is 27.4 Å². The Labute approximate surface area is 351 Å². The molecule has 0 radical (unpaired) electrons. The topological polar surface area (TPSA) is 282 Å². The first-order chi connectivity index (χ1) is 27.8. The van der Waals surface area contributed by atoms with Gasteiger partial charge in [0.15, 0.2) is 6.29 Å². The Balaban J connectivity index is 2.05. The minimum Gasteiger partial charge on any atom is -0.467 e. The molecule has 2 aliphatic heterocycles. The van der Waals surface area contributed by atoms with Gasteiger partial charge in [0.1, 0.15) is 60.2 Å². The lowest BCUT2D eigenvalue weighted by molar-refractivity contribution is -0.209. The van der Waals surface area contributed by atoms with Gasteiger partial charge in [-0.25, -0.2) is 19.2 Å². The molecule has 10 atom stereocenters. The molecule has 22 heteroatoms. The summed E-state index contributed by atoms with van der Waals surface area (Å²) in [4.78, 5) is 102. The van der Waals surface area contributed by atoms with Crippen LogP contribution in [0, 0.1) is 0 Å². The van der Waals surface area contributed by atoms with Crippen molar-refractivity contribution >= 4 is 55.7 Å². The molecule has 2 bridgehead atoms. The van der Waals surface area contributed by atoms with Gasteiger partial charge >= 0.3 is 24.0 Å². The molecule has 2 aliphatic rings. The van der Waals surface area contributed by atoms with E-state index in [-0.39, 0.29) is 45.3 Å². The number of amides is 5. The molecule has 60 heavy (non-hydrogen) atoms. The maximum atomic E-state index is 13.2. The first-order valence-electron chi connectivity index (χ1n) is 19.9. The Morgan fingerprint density at radius 3 is 1.95 bits per heavy atom. The average molecular weight is 876 g/mol. The first-order valence-corrected chi connectivity index (χ1v) is 23.7. The summed E-state index contributed by atoms with van der Waals surface area (Å²) in [6, 6.07) is -5.08. The number of esters is 3. The first kappa shape index (κ1) is 51.8. The summed E-state index contributed by atoms with van der Waals surface area (Å²) in [6.07, 6.45) is -6.45. The van der Waals surface area contributed by atoms with E-state index in [4.69, 9.17) is 33.2 Å². The van der Waals surface area contributed by atoms with Crippen LogP contribution in [0.5, 0.6) is 0 Å². The van der Waals surface area contributed by atoms with E-state index >= 15 is 0 Å². The summed E-state index contributed by atoms with van der Waals surface area (Å²) in [5.41, 5.74) is -0.827. The highest BCUT2D eigenvalue weighted by Crippen LogP contribution is 2.30. The number of aliphatic hydroxyl groups excluding tert-OH is 1. The van der Waals surface area contributed by atoms with Crippen LogP contribution in [0.15, 0.2) is 0 Å². The summed E-state index contributed by atoms with van der Waals surface area (Å²) in [5, 5.41) is 23.4. The fourth-order valence-corrected chi connectivity index (χ4v) is 6.75. The van der Waals surface area contributed by atoms with E-state index < -0.39 is 122 Å². The molecule has 0 aromatic carbocycles. The SMILES string of the molecule is COC(=O)[C@H](CCC[C@H](NC(=O)CC[C@@H](NC(=O)[C@H](C)NC(=O)[C@@H](C)O[C@H]1[C@H](O)[C@H]2CO[C@H](O2)[C@@H]1NC(C)=O)C(=O)OC)C(=O)OCC[Si](C)(C)C)NC(=O)OC(C)(C)C. The Morgan fingerprint density at radius 2 is 1.40 bits per heavy atom. The van der Waals surface area contributed by atoms with E-state index in [1.165, 1.54) is 20.8 Å². The van der Waals surface area contributed by atoms with E-state index in [0.717, 1.165) is 14.2 Å². The number of carbonyl (C=O) groups excluding carboxylic acids is 8. The molecule has 21 nitrogen and oxygen atoms in total. The van der Waals surface area contributed by atoms with Crippen molar-refractivity contribution in [3.05, 3.63) is 0 Å². The van der Waals surface area contributed by atoms with Crippen molar-refractivity contribution < 1.29 is 76.6 Å². The third-order valence-corrected chi connectivity index (χ3v) is 11.0. The van der Waals surface area contributed by atoms with Crippen LogP contribution in [0.3, 0.4) is 0 Å². The van der Waals surface area contributed by atoms with E-state index in [2.05, 4.69) is 46.2 Å². The Bertz CT molecular complexity index is 1520. The fourth-order valence-electron chi connectivity index (χ4n) is 6.03. The molecule has 5 amide bonds. The molecule has 0 aromatic rings. The minimum atomic E-state index is -1.59. The zero-order valence-corrected chi connectivity index (χ0v) is 37.5. The van der Waals surface area contributed by atoms with Crippen LogP contribution in [-0.2, 0) is 66.7 Å². The van der Waals surface area contributed by atoms with E-state index in [1.54, 1.807) is 20.8 Å². The molecular weight excluding hydrogens is 811 g/mol. The maximum Gasteiger partial charge on any atom is 0.408 e. The van der Waals surface area contributed by atoms with Crippen molar-refractivity contribution in [2.45, 2.75) is 166 Å². The average Bonchev–Trinajstić information content (AvgIpc) is 3.60. The van der Waals surface area contributed by atoms with Gasteiger partial charge in [0, 0.05) is 21.4 Å². The van der Waals surface area contributed by atoms with E-state index in [1.807, 2.05) is 0 Å². The van der Waals surface area contributed by atoms with Gasteiger partial charge in [-0.1, -0.05) is 19.6 Å².